The van der Waals surface area contributed by atoms with Crippen LogP contribution in [0.3, 0.4) is 0 Å². The molecule has 1 aromatic rings. The van der Waals surface area contributed by atoms with Crippen LogP contribution in [-0.2, 0) is 4.74 Å². The molecule has 1 unspecified atom stereocenters. The minimum Gasteiger partial charge on any atom is -0.364 e. The molecular formula is C9H10F2O2. The van der Waals surface area contributed by atoms with Crippen LogP contribution in [0.2, 0.25) is 0 Å². The zero-order chi connectivity index (χ0) is 9.84. The van der Waals surface area contributed by atoms with Crippen LogP contribution < -0.4 is 0 Å². The summed E-state index contributed by atoms with van der Waals surface area (Å²) in [6, 6.07) is 3.37. The molecule has 1 aromatic carbocycles. The van der Waals surface area contributed by atoms with Gasteiger partial charge in [-0.1, -0.05) is 6.07 Å². The molecule has 72 valence electrons. The van der Waals surface area contributed by atoms with E-state index in [1.807, 2.05) is 0 Å². The molecule has 0 heterocycles. The zero-order valence-corrected chi connectivity index (χ0v) is 7.13. The highest BCUT2D eigenvalue weighted by Gasteiger charge is 2.17. The van der Waals surface area contributed by atoms with Crippen LogP contribution in [0, 0.1) is 11.6 Å². The molecule has 1 atom stereocenters. The maximum absolute atomic E-state index is 12.9. The number of aliphatic hydroxyl groups excluding tert-OH is 1. The average Bonchev–Trinajstić information content (AvgIpc) is 2.04. The summed E-state index contributed by atoms with van der Waals surface area (Å²) in [4.78, 5) is 0. The lowest BCUT2D eigenvalue weighted by molar-refractivity contribution is -0.102. The molecule has 1 N–H and O–H groups in total. The molecule has 4 heteroatoms. The molecule has 0 fully saturated rings. The second-order valence-electron chi connectivity index (χ2n) is 2.44. The van der Waals surface area contributed by atoms with Gasteiger partial charge in [0.1, 0.15) is 11.6 Å². The highest BCUT2D eigenvalue weighted by Crippen LogP contribution is 2.21. The van der Waals surface area contributed by atoms with E-state index in [1.165, 1.54) is 6.07 Å². The molecule has 0 aliphatic rings. The van der Waals surface area contributed by atoms with Crippen LogP contribution in [-0.4, -0.2) is 11.7 Å². The van der Waals surface area contributed by atoms with Gasteiger partial charge in [0.15, 0.2) is 6.29 Å². The monoisotopic (exact) mass is 188 g/mol. The van der Waals surface area contributed by atoms with E-state index >= 15 is 0 Å². The first kappa shape index (κ1) is 10.1. The Morgan fingerprint density at radius 1 is 1.38 bits per heavy atom. The molecule has 13 heavy (non-hydrogen) atoms. The van der Waals surface area contributed by atoms with Gasteiger partial charge in [0, 0.05) is 6.61 Å². The van der Waals surface area contributed by atoms with Gasteiger partial charge in [-0.05, 0) is 19.1 Å². The first-order chi connectivity index (χ1) is 6.16. The maximum Gasteiger partial charge on any atom is 0.186 e. The highest BCUT2D eigenvalue weighted by molar-refractivity contribution is 5.20. The van der Waals surface area contributed by atoms with Crippen molar-refractivity contribution in [2.24, 2.45) is 0 Å². The molecule has 0 spiro atoms. The van der Waals surface area contributed by atoms with E-state index in [9.17, 15) is 13.9 Å². The summed E-state index contributed by atoms with van der Waals surface area (Å²) in [5, 5.41) is 9.18. The summed E-state index contributed by atoms with van der Waals surface area (Å²) in [7, 11) is 0. The highest BCUT2D eigenvalue weighted by atomic mass is 19.1. The zero-order valence-electron chi connectivity index (χ0n) is 7.13. The number of aliphatic hydroxyl groups is 1. The Labute approximate surface area is 74.8 Å². The minimum atomic E-state index is -1.54. The fraction of sp³-hybridized carbons (Fsp3) is 0.333. The molecule has 0 aliphatic carbocycles. The summed E-state index contributed by atoms with van der Waals surface area (Å²) in [5.74, 6) is -1.61. The molecule has 0 aromatic heterocycles. The number of rotatable bonds is 3. The predicted octanol–water partition coefficient (Wildman–Crippen LogP) is 1.99. The van der Waals surface area contributed by atoms with Gasteiger partial charge >= 0.3 is 0 Å². The maximum atomic E-state index is 12.9. The SMILES string of the molecule is CCOC(O)c1c(F)cccc1F. The summed E-state index contributed by atoms with van der Waals surface area (Å²) in [6.45, 7) is 1.82. The van der Waals surface area contributed by atoms with E-state index in [-0.39, 0.29) is 6.61 Å². The van der Waals surface area contributed by atoms with Crippen molar-refractivity contribution in [2.45, 2.75) is 13.2 Å². The van der Waals surface area contributed by atoms with Crippen LogP contribution in [0.25, 0.3) is 0 Å². The van der Waals surface area contributed by atoms with Gasteiger partial charge in [-0.3, -0.25) is 0 Å². The normalized spacial score (nSPS) is 12.9. The van der Waals surface area contributed by atoms with Gasteiger partial charge in [-0.15, -0.1) is 0 Å². The average molecular weight is 188 g/mol. The number of ether oxygens (including phenoxy) is 1. The molecule has 0 saturated carbocycles. The molecule has 0 aliphatic heterocycles. The van der Waals surface area contributed by atoms with Crippen LogP contribution in [0.1, 0.15) is 18.8 Å². The van der Waals surface area contributed by atoms with Gasteiger partial charge in [-0.25, -0.2) is 8.78 Å². The predicted molar refractivity (Wildman–Crippen MR) is 42.9 cm³/mol. The van der Waals surface area contributed by atoms with Gasteiger partial charge in [0.05, 0.1) is 5.56 Å². The lowest BCUT2D eigenvalue weighted by Crippen LogP contribution is -2.07. The number of benzene rings is 1. The summed E-state index contributed by atoms with van der Waals surface area (Å²) < 4.78 is 30.6. The lowest BCUT2D eigenvalue weighted by Gasteiger charge is -2.11. The van der Waals surface area contributed by atoms with E-state index in [0.717, 1.165) is 12.1 Å². The third kappa shape index (κ3) is 2.23. The van der Waals surface area contributed by atoms with Crippen molar-refractivity contribution in [2.75, 3.05) is 6.61 Å². The smallest absolute Gasteiger partial charge is 0.186 e. The van der Waals surface area contributed by atoms with Crippen LogP contribution in [0.5, 0.6) is 0 Å². The quantitative estimate of drug-likeness (QED) is 0.735. The second-order valence-corrected chi connectivity index (χ2v) is 2.44. The van der Waals surface area contributed by atoms with E-state index in [1.54, 1.807) is 6.92 Å². The van der Waals surface area contributed by atoms with Crippen molar-refractivity contribution in [3.05, 3.63) is 35.4 Å². The Morgan fingerprint density at radius 2 is 1.92 bits per heavy atom. The van der Waals surface area contributed by atoms with Gasteiger partial charge in [-0.2, -0.15) is 0 Å². The summed E-state index contributed by atoms with van der Waals surface area (Å²) in [5.41, 5.74) is -0.440. The van der Waals surface area contributed by atoms with E-state index < -0.39 is 23.5 Å². The van der Waals surface area contributed by atoms with E-state index in [4.69, 9.17) is 0 Å². The first-order valence-electron chi connectivity index (χ1n) is 3.90. The molecule has 0 bridgehead atoms. The third-order valence-electron chi connectivity index (χ3n) is 1.57. The fourth-order valence-corrected chi connectivity index (χ4v) is 0.988. The Balaban J connectivity index is 2.98. The van der Waals surface area contributed by atoms with E-state index in [2.05, 4.69) is 4.74 Å². The van der Waals surface area contributed by atoms with Crippen molar-refractivity contribution < 1.29 is 18.6 Å². The number of hydrogen-bond donors (Lipinski definition) is 1. The first-order valence-corrected chi connectivity index (χ1v) is 3.90. The van der Waals surface area contributed by atoms with Crippen LogP contribution >= 0.6 is 0 Å². The van der Waals surface area contributed by atoms with Crippen molar-refractivity contribution in [3.8, 4) is 0 Å². The Kier molecular flexibility index (Phi) is 3.33. The topological polar surface area (TPSA) is 29.5 Å². The Hall–Kier alpha value is -1.00. The molecule has 0 saturated heterocycles. The standard InChI is InChI=1S/C9H10F2O2/c1-2-13-9(12)8-6(10)4-3-5-7(8)11/h3-5,9,12H,2H2,1H3. The molecular weight excluding hydrogens is 178 g/mol. The second kappa shape index (κ2) is 4.30. The van der Waals surface area contributed by atoms with Crippen molar-refractivity contribution in [3.63, 3.8) is 0 Å². The lowest BCUT2D eigenvalue weighted by atomic mass is 10.2. The van der Waals surface area contributed by atoms with Crippen LogP contribution in [0.4, 0.5) is 8.78 Å². The van der Waals surface area contributed by atoms with Gasteiger partial charge < -0.3 is 9.84 Å². The van der Waals surface area contributed by atoms with Gasteiger partial charge in [0.2, 0.25) is 0 Å². The number of halogens is 2. The van der Waals surface area contributed by atoms with Crippen molar-refractivity contribution >= 4 is 0 Å². The number of hydrogen-bond acceptors (Lipinski definition) is 2. The molecule has 0 radical (unpaired) electrons. The minimum absolute atomic E-state index is 0.189. The largest absolute Gasteiger partial charge is 0.364 e. The van der Waals surface area contributed by atoms with Gasteiger partial charge in [0.25, 0.3) is 0 Å². The molecule has 2 nitrogen and oxygen atoms in total. The van der Waals surface area contributed by atoms with E-state index in [0.29, 0.717) is 0 Å². The fourth-order valence-electron chi connectivity index (χ4n) is 0.988. The van der Waals surface area contributed by atoms with Crippen molar-refractivity contribution in [1.82, 2.24) is 0 Å². The summed E-state index contributed by atoms with van der Waals surface area (Å²) in [6.07, 6.45) is -1.54. The Bertz CT molecular complexity index is 269. The van der Waals surface area contributed by atoms with Crippen LogP contribution in [0.15, 0.2) is 18.2 Å². The van der Waals surface area contributed by atoms with Crippen molar-refractivity contribution in [1.29, 1.82) is 0 Å². The molecule has 1 rings (SSSR count). The molecule has 0 amide bonds. The summed E-state index contributed by atoms with van der Waals surface area (Å²) >= 11 is 0. The third-order valence-corrected chi connectivity index (χ3v) is 1.57. The Morgan fingerprint density at radius 3 is 2.38 bits per heavy atom.